The minimum atomic E-state index is 0.464. The normalized spacial score (nSPS) is 33.4. The van der Waals surface area contributed by atoms with Crippen LogP contribution in [-0.4, -0.2) is 36.8 Å². The second-order valence-corrected chi connectivity index (χ2v) is 6.45. The smallest absolute Gasteiger partial charge is 0.0666 e. The number of nitrogens with one attached hydrogen (secondary N) is 1. The fraction of sp³-hybridized carbons (Fsp3) is 1.00. The number of rotatable bonds is 5. The molecule has 1 aliphatic heterocycles. The van der Waals surface area contributed by atoms with Crippen LogP contribution in [0.4, 0.5) is 0 Å². The third-order valence-electron chi connectivity index (χ3n) is 4.14. The molecule has 1 N–H and O–H groups in total. The fourth-order valence-electron chi connectivity index (χ4n) is 2.97. The lowest BCUT2D eigenvalue weighted by Crippen LogP contribution is -2.35. The molecule has 0 aromatic rings. The zero-order chi connectivity index (χ0) is 11.4. The molecule has 3 atom stereocenters. The Hall–Kier alpha value is 0.270. The Labute approximate surface area is 104 Å². The standard InChI is InChI=1S/C13H25NOS/c1-10-13(7-8-15-10)16-9-12(14-2)11-5-3-4-6-11/h10-14H,3-9H2,1-2H3. The van der Waals surface area contributed by atoms with Gasteiger partial charge in [-0.05, 0) is 39.2 Å². The van der Waals surface area contributed by atoms with Crippen LogP contribution in [0.25, 0.3) is 0 Å². The third kappa shape index (κ3) is 3.14. The first-order chi connectivity index (χ1) is 7.81. The Balaban J connectivity index is 1.73. The van der Waals surface area contributed by atoms with Gasteiger partial charge >= 0.3 is 0 Å². The summed E-state index contributed by atoms with van der Waals surface area (Å²) in [4.78, 5) is 0. The van der Waals surface area contributed by atoms with Gasteiger partial charge in [0.05, 0.1) is 6.10 Å². The largest absolute Gasteiger partial charge is 0.377 e. The third-order valence-corrected chi connectivity index (χ3v) is 5.73. The molecule has 1 heterocycles. The van der Waals surface area contributed by atoms with Crippen LogP contribution in [0.5, 0.6) is 0 Å². The summed E-state index contributed by atoms with van der Waals surface area (Å²) in [6.07, 6.45) is 7.46. The van der Waals surface area contributed by atoms with Crippen LogP contribution < -0.4 is 5.32 Å². The Kier molecular flexibility index (Phi) is 4.98. The van der Waals surface area contributed by atoms with E-state index in [0.29, 0.717) is 6.10 Å². The van der Waals surface area contributed by atoms with Crippen molar-refractivity contribution in [3.63, 3.8) is 0 Å². The van der Waals surface area contributed by atoms with Crippen molar-refractivity contribution < 1.29 is 4.74 Å². The van der Waals surface area contributed by atoms with Gasteiger partial charge in [-0.25, -0.2) is 0 Å². The molecule has 2 fully saturated rings. The number of hydrogen-bond donors (Lipinski definition) is 1. The monoisotopic (exact) mass is 243 g/mol. The number of thioether (sulfide) groups is 1. The highest BCUT2D eigenvalue weighted by Gasteiger charge is 2.28. The quantitative estimate of drug-likeness (QED) is 0.802. The SMILES string of the molecule is CNC(CSC1CCOC1C)C1CCCC1. The van der Waals surface area contributed by atoms with Crippen LogP contribution in [0.2, 0.25) is 0 Å². The van der Waals surface area contributed by atoms with Crippen molar-refractivity contribution in [3.8, 4) is 0 Å². The van der Waals surface area contributed by atoms with Crippen molar-refractivity contribution in [2.24, 2.45) is 5.92 Å². The maximum Gasteiger partial charge on any atom is 0.0666 e. The van der Waals surface area contributed by atoms with E-state index < -0.39 is 0 Å². The van der Waals surface area contributed by atoms with Gasteiger partial charge in [0.15, 0.2) is 0 Å². The lowest BCUT2D eigenvalue weighted by Gasteiger charge is -2.24. The molecule has 16 heavy (non-hydrogen) atoms. The summed E-state index contributed by atoms with van der Waals surface area (Å²) in [6, 6.07) is 0.722. The summed E-state index contributed by atoms with van der Waals surface area (Å²) in [5, 5.41) is 4.25. The first kappa shape index (κ1) is 12.7. The van der Waals surface area contributed by atoms with E-state index in [0.717, 1.165) is 23.8 Å². The highest BCUT2D eigenvalue weighted by molar-refractivity contribution is 8.00. The highest BCUT2D eigenvalue weighted by Crippen LogP contribution is 2.32. The molecule has 3 unspecified atom stereocenters. The second kappa shape index (κ2) is 6.27. The molecule has 2 nitrogen and oxygen atoms in total. The first-order valence-electron chi connectivity index (χ1n) is 6.71. The van der Waals surface area contributed by atoms with Gasteiger partial charge in [-0.15, -0.1) is 0 Å². The minimum Gasteiger partial charge on any atom is -0.377 e. The summed E-state index contributed by atoms with van der Waals surface area (Å²) in [6.45, 7) is 3.18. The van der Waals surface area contributed by atoms with Gasteiger partial charge in [-0.3, -0.25) is 0 Å². The maximum atomic E-state index is 5.62. The maximum absolute atomic E-state index is 5.62. The molecule has 1 aliphatic carbocycles. The fourth-order valence-corrected chi connectivity index (χ4v) is 4.48. The van der Waals surface area contributed by atoms with Gasteiger partial charge in [-0.2, -0.15) is 11.8 Å². The van der Waals surface area contributed by atoms with Gasteiger partial charge in [-0.1, -0.05) is 12.8 Å². The van der Waals surface area contributed by atoms with Crippen LogP contribution in [-0.2, 0) is 4.74 Å². The summed E-state index contributed by atoms with van der Waals surface area (Å²) in [7, 11) is 2.12. The molecule has 3 heteroatoms. The molecule has 0 aromatic carbocycles. The summed E-state index contributed by atoms with van der Waals surface area (Å²) in [5.41, 5.74) is 0. The Bertz CT molecular complexity index is 206. The molecular weight excluding hydrogens is 218 g/mol. The average molecular weight is 243 g/mol. The second-order valence-electron chi connectivity index (χ2n) is 5.18. The summed E-state index contributed by atoms with van der Waals surface area (Å²) >= 11 is 2.12. The van der Waals surface area contributed by atoms with E-state index >= 15 is 0 Å². The van der Waals surface area contributed by atoms with Crippen LogP contribution in [0.1, 0.15) is 39.0 Å². The van der Waals surface area contributed by atoms with Gasteiger partial charge in [0, 0.05) is 23.7 Å². The molecule has 2 aliphatic rings. The van der Waals surface area contributed by atoms with E-state index in [4.69, 9.17) is 4.74 Å². The van der Waals surface area contributed by atoms with Crippen LogP contribution in [0, 0.1) is 5.92 Å². The van der Waals surface area contributed by atoms with Crippen LogP contribution >= 0.6 is 11.8 Å². The van der Waals surface area contributed by atoms with E-state index in [1.54, 1.807) is 0 Å². The van der Waals surface area contributed by atoms with Crippen molar-refractivity contribution >= 4 is 11.8 Å². The zero-order valence-corrected chi connectivity index (χ0v) is 11.4. The molecule has 2 rings (SSSR count). The van der Waals surface area contributed by atoms with E-state index in [-0.39, 0.29) is 0 Å². The molecule has 94 valence electrons. The van der Waals surface area contributed by atoms with Crippen molar-refractivity contribution in [1.82, 2.24) is 5.32 Å². The van der Waals surface area contributed by atoms with E-state index in [2.05, 4.69) is 31.1 Å². The predicted molar refractivity (Wildman–Crippen MR) is 71.1 cm³/mol. The Morgan fingerprint density at radius 3 is 2.62 bits per heavy atom. The molecular formula is C13H25NOS. The molecule has 0 amide bonds. The van der Waals surface area contributed by atoms with Crippen LogP contribution in [0.15, 0.2) is 0 Å². The number of ether oxygens (including phenoxy) is 1. The van der Waals surface area contributed by atoms with Gasteiger partial charge in [0.1, 0.15) is 0 Å². The van der Waals surface area contributed by atoms with Crippen molar-refractivity contribution in [2.75, 3.05) is 19.4 Å². The lowest BCUT2D eigenvalue weighted by molar-refractivity contribution is 0.127. The number of hydrogen-bond acceptors (Lipinski definition) is 3. The summed E-state index contributed by atoms with van der Waals surface area (Å²) in [5.74, 6) is 2.19. The zero-order valence-electron chi connectivity index (χ0n) is 10.6. The topological polar surface area (TPSA) is 21.3 Å². The molecule has 0 spiro atoms. The minimum absolute atomic E-state index is 0.464. The van der Waals surface area contributed by atoms with E-state index in [9.17, 15) is 0 Å². The van der Waals surface area contributed by atoms with Gasteiger partial charge in [0.25, 0.3) is 0 Å². The molecule has 0 aromatic heterocycles. The Morgan fingerprint density at radius 2 is 2.06 bits per heavy atom. The highest BCUT2D eigenvalue weighted by atomic mass is 32.2. The summed E-state index contributed by atoms with van der Waals surface area (Å²) < 4.78 is 5.62. The average Bonchev–Trinajstić information content (AvgIpc) is 2.92. The lowest BCUT2D eigenvalue weighted by atomic mass is 10.0. The van der Waals surface area contributed by atoms with Gasteiger partial charge < -0.3 is 10.1 Å². The van der Waals surface area contributed by atoms with Crippen LogP contribution in [0.3, 0.4) is 0 Å². The van der Waals surface area contributed by atoms with E-state index in [1.165, 1.54) is 37.9 Å². The van der Waals surface area contributed by atoms with E-state index in [1.807, 2.05) is 0 Å². The van der Waals surface area contributed by atoms with Crippen molar-refractivity contribution in [3.05, 3.63) is 0 Å². The first-order valence-corrected chi connectivity index (χ1v) is 7.76. The van der Waals surface area contributed by atoms with Crippen molar-refractivity contribution in [1.29, 1.82) is 0 Å². The molecule has 0 bridgehead atoms. The van der Waals surface area contributed by atoms with Crippen molar-refractivity contribution in [2.45, 2.75) is 56.4 Å². The molecule has 0 radical (unpaired) electrons. The molecule has 1 saturated heterocycles. The van der Waals surface area contributed by atoms with Gasteiger partial charge in [0.2, 0.25) is 0 Å². The predicted octanol–water partition coefficient (Wildman–Crippen LogP) is 2.68. The Morgan fingerprint density at radius 1 is 1.31 bits per heavy atom. The molecule has 1 saturated carbocycles.